The molecule has 6 nitrogen and oxygen atoms in total. The predicted octanol–water partition coefficient (Wildman–Crippen LogP) is 1.84. The van der Waals surface area contributed by atoms with Crippen LogP contribution in [0.25, 0.3) is 11.1 Å². The van der Waals surface area contributed by atoms with Gasteiger partial charge in [-0.1, -0.05) is 29.4 Å². The van der Waals surface area contributed by atoms with E-state index in [1.165, 1.54) is 11.8 Å². The standard InChI is InChI=1S/C18H24N4O2/c1-3-19-18(23)17-16(13-24-20-17)15-6-4-14(5-7-15)12-22-10-8-21(2)9-11-22/h4-7,13H,3,8-12H2,1-2H3,(H,19,23). The van der Waals surface area contributed by atoms with Crippen LogP contribution in [0, 0.1) is 0 Å². The maximum atomic E-state index is 12.0. The molecule has 1 aromatic heterocycles. The van der Waals surface area contributed by atoms with Gasteiger partial charge < -0.3 is 14.7 Å². The van der Waals surface area contributed by atoms with Crippen molar-refractivity contribution in [2.45, 2.75) is 13.5 Å². The average Bonchev–Trinajstić information content (AvgIpc) is 3.08. The monoisotopic (exact) mass is 328 g/mol. The SMILES string of the molecule is CCNC(=O)c1nocc1-c1ccc(CN2CCN(C)CC2)cc1. The van der Waals surface area contributed by atoms with Crippen molar-refractivity contribution in [3.63, 3.8) is 0 Å². The summed E-state index contributed by atoms with van der Waals surface area (Å²) >= 11 is 0. The van der Waals surface area contributed by atoms with E-state index in [4.69, 9.17) is 4.52 Å². The van der Waals surface area contributed by atoms with E-state index >= 15 is 0 Å². The molecule has 1 amide bonds. The Labute approximate surface area is 142 Å². The first-order valence-electron chi connectivity index (χ1n) is 8.40. The molecule has 0 saturated carbocycles. The highest BCUT2D eigenvalue weighted by Crippen LogP contribution is 2.24. The van der Waals surface area contributed by atoms with Crippen LogP contribution in [0.2, 0.25) is 0 Å². The van der Waals surface area contributed by atoms with Crippen molar-refractivity contribution in [2.75, 3.05) is 39.8 Å². The number of carbonyl (C=O) groups is 1. The van der Waals surface area contributed by atoms with Gasteiger partial charge in [-0.3, -0.25) is 9.69 Å². The van der Waals surface area contributed by atoms with Gasteiger partial charge in [-0.25, -0.2) is 0 Å². The van der Waals surface area contributed by atoms with Crippen LogP contribution in [-0.2, 0) is 6.54 Å². The number of likely N-dealkylation sites (N-methyl/N-ethyl adjacent to an activating group) is 1. The summed E-state index contributed by atoms with van der Waals surface area (Å²) in [5, 5.41) is 6.59. The second kappa shape index (κ2) is 7.59. The van der Waals surface area contributed by atoms with Crippen LogP contribution in [0.1, 0.15) is 23.0 Å². The first kappa shape index (κ1) is 16.7. The Morgan fingerprint density at radius 3 is 2.58 bits per heavy atom. The summed E-state index contributed by atoms with van der Waals surface area (Å²) < 4.78 is 5.01. The number of nitrogens with zero attached hydrogens (tertiary/aromatic N) is 3. The molecule has 2 heterocycles. The fourth-order valence-corrected chi connectivity index (χ4v) is 2.90. The summed E-state index contributed by atoms with van der Waals surface area (Å²) in [5.74, 6) is -0.206. The molecule has 1 saturated heterocycles. The van der Waals surface area contributed by atoms with E-state index < -0.39 is 0 Å². The minimum Gasteiger partial charge on any atom is -0.363 e. The Morgan fingerprint density at radius 1 is 1.21 bits per heavy atom. The normalized spacial score (nSPS) is 16.2. The number of piperazine rings is 1. The maximum Gasteiger partial charge on any atom is 0.274 e. The van der Waals surface area contributed by atoms with Gasteiger partial charge in [0, 0.05) is 39.3 Å². The third kappa shape index (κ3) is 3.83. The highest BCUT2D eigenvalue weighted by Gasteiger charge is 2.17. The molecular weight excluding hydrogens is 304 g/mol. The van der Waals surface area contributed by atoms with E-state index in [2.05, 4.69) is 39.5 Å². The molecule has 0 bridgehead atoms. The molecule has 0 atom stereocenters. The van der Waals surface area contributed by atoms with E-state index in [1.807, 2.05) is 19.1 Å². The van der Waals surface area contributed by atoms with Crippen molar-refractivity contribution in [1.29, 1.82) is 0 Å². The average molecular weight is 328 g/mol. The number of rotatable bonds is 5. The molecule has 24 heavy (non-hydrogen) atoms. The molecule has 2 aromatic rings. The van der Waals surface area contributed by atoms with Crippen LogP contribution in [0.3, 0.4) is 0 Å². The Balaban J connectivity index is 1.69. The van der Waals surface area contributed by atoms with Crippen LogP contribution < -0.4 is 5.32 Å². The molecule has 0 radical (unpaired) electrons. The molecule has 3 rings (SSSR count). The zero-order chi connectivity index (χ0) is 16.9. The molecule has 0 unspecified atom stereocenters. The predicted molar refractivity (Wildman–Crippen MR) is 92.7 cm³/mol. The van der Waals surface area contributed by atoms with E-state index in [1.54, 1.807) is 0 Å². The Bertz CT molecular complexity index is 673. The summed E-state index contributed by atoms with van der Waals surface area (Å²) in [4.78, 5) is 16.8. The maximum absolute atomic E-state index is 12.0. The molecule has 1 aromatic carbocycles. The van der Waals surface area contributed by atoms with E-state index in [9.17, 15) is 4.79 Å². The zero-order valence-electron chi connectivity index (χ0n) is 14.3. The first-order chi connectivity index (χ1) is 11.7. The van der Waals surface area contributed by atoms with E-state index in [-0.39, 0.29) is 5.91 Å². The Morgan fingerprint density at radius 2 is 1.92 bits per heavy atom. The van der Waals surface area contributed by atoms with Crippen LogP contribution in [0.4, 0.5) is 0 Å². The van der Waals surface area contributed by atoms with Gasteiger partial charge >= 0.3 is 0 Å². The molecule has 1 aliphatic heterocycles. The first-order valence-corrected chi connectivity index (χ1v) is 8.40. The zero-order valence-corrected chi connectivity index (χ0v) is 14.3. The number of hydrogen-bond donors (Lipinski definition) is 1. The van der Waals surface area contributed by atoms with Crippen LogP contribution in [-0.4, -0.2) is 60.6 Å². The number of carbonyl (C=O) groups excluding carboxylic acids is 1. The molecule has 0 aliphatic carbocycles. The molecule has 128 valence electrons. The lowest BCUT2D eigenvalue weighted by Gasteiger charge is -2.32. The number of nitrogens with one attached hydrogen (secondary N) is 1. The smallest absolute Gasteiger partial charge is 0.274 e. The third-order valence-electron chi connectivity index (χ3n) is 4.39. The lowest BCUT2D eigenvalue weighted by atomic mass is 10.0. The summed E-state index contributed by atoms with van der Waals surface area (Å²) in [6.07, 6.45) is 1.53. The number of hydrogen-bond acceptors (Lipinski definition) is 5. The molecule has 0 spiro atoms. The van der Waals surface area contributed by atoms with Crippen molar-refractivity contribution in [2.24, 2.45) is 0 Å². The number of benzene rings is 1. The second-order valence-corrected chi connectivity index (χ2v) is 6.21. The third-order valence-corrected chi connectivity index (χ3v) is 4.39. The quantitative estimate of drug-likeness (QED) is 0.907. The van der Waals surface area contributed by atoms with Gasteiger partial charge in [0.1, 0.15) is 6.26 Å². The van der Waals surface area contributed by atoms with Gasteiger partial charge in [-0.05, 0) is 25.1 Å². The van der Waals surface area contributed by atoms with E-state index in [0.29, 0.717) is 12.2 Å². The molecule has 1 aliphatic rings. The Kier molecular flexibility index (Phi) is 5.27. The van der Waals surface area contributed by atoms with Gasteiger partial charge in [0.05, 0.1) is 5.56 Å². The van der Waals surface area contributed by atoms with Crippen molar-refractivity contribution >= 4 is 5.91 Å². The van der Waals surface area contributed by atoms with Crippen molar-refractivity contribution in [1.82, 2.24) is 20.3 Å². The fraction of sp³-hybridized carbons (Fsp3) is 0.444. The summed E-state index contributed by atoms with van der Waals surface area (Å²) in [7, 11) is 2.16. The van der Waals surface area contributed by atoms with Crippen LogP contribution in [0.5, 0.6) is 0 Å². The van der Waals surface area contributed by atoms with Crippen LogP contribution in [0.15, 0.2) is 35.1 Å². The van der Waals surface area contributed by atoms with Crippen molar-refractivity contribution in [3.8, 4) is 11.1 Å². The number of aromatic nitrogens is 1. The lowest BCUT2D eigenvalue weighted by molar-refractivity contribution is 0.0947. The highest BCUT2D eigenvalue weighted by molar-refractivity contribution is 5.98. The van der Waals surface area contributed by atoms with Crippen LogP contribution >= 0.6 is 0 Å². The van der Waals surface area contributed by atoms with Gasteiger partial charge in [0.2, 0.25) is 0 Å². The van der Waals surface area contributed by atoms with Gasteiger partial charge in [0.25, 0.3) is 5.91 Å². The summed E-state index contributed by atoms with van der Waals surface area (Å²) in [6.45, 7) is 7.85. The fourth-order valence-electron chi connectivity index (χ4n) is 2.90. The topological polar surface area (TPSA) is 61.6 Å². The van der Waals surface area contributed by atoms with Gasteiger partial charge in [0.15, 0.2) is 5.69 Å². The van der Waals surface area contributed by atoms with Crippen molar-refractivity contribution in [3.05, 3.63) is 41.8 Å². The minimum atomic E-state index is -0.206. The molecule has 6 heteroatoms. The van der Waals surface area contributed by atoms with Gasteiger partial charge in [-0.2, -0.15) is 0 Å². The van der Waals surface area contributed by atoms with E-state index in [0.717, 1.165) is 43.9 Å². The molecular formula is C18H24N4O2. The number of amides is 1. The summed E-state index contributed by atoms with van der Waals surface area (Å²) in [6, 6.07) is 8.28. The largest absolute Gasteiger partial charge is 0.363 e. The molecule has 1 fully saturated rings. The minimum absolute atomic E-state index is 0.206. The molecule has 1 N–H and O–H groups in total. The Hall–Kier alpha value is -2.18. The van der Waals surface area contributed by atoms with Crippen molar-refractivity contribution < 1.29 is 9.32 Å². The van der Waals surface area contributed by atoms with Gasteiger partial charge in [-0.15, -0.1) is 0 Å². The lowest BCUT2D eigenvalue weighted by Crippen LogP contribution is -2.43. The summed E-state index contributed by atoms with van der Waals surface area (Å²) in [5.41, 5.74) is 3.29. The second-order valence-electron chi connectivity index (χ2n) is 6.21. The highest BCUT2D eigenvalue weighted by atomic mass is 16.5.